The maximum atomic E-state index is 6.82. The molecule has 1 heterocycles. The van der Waals surface area contributed by atoms with Crippen LogP contribution >= 0.6 is 0 Å². The van der Waals surface area contributed by atoms with Crippen molar-refractivity contribution in [2.45, 2.75) is 77.7 Å². The van der Waals surface area contributed by atoms with Crippen molar-refractivity contribution in [1.82, 2.24) is 0 Å². The Morgan fingerprint density at radius 3 is 1.89 bits per heavy atom. The van der Waals surface area contributed by atoms with Gasteiger partial charge in [0.2, 0.25) is 0 Å². The number of rotatable bonds is 8. The summed E-state index contributed by atoms with van der Waals surface area (Å²) >= 11 is 0. The highest BCUT2D eigenvalue weighted by atomic mass is 16.3. The van der Waals surface area contributed by atoms with Gasteiger partial charge in [0.15, 0.2) is 0 Å². The molecule has 3 nitrogen and oxygen atoms in total. The van der Waals surface area contributed by atoms with Gasteiger partial charge in [-0.05, 0) is 175 Å². The van der Waals surface area contributed by atoms with E-state index in [9.17, 15) is 0 Å². The van der Waals surface area contributed by atoms with Gasteiger partial charge >= 0.3 is 0 Å². The summed E-state index contributed by atoms with van der Waals surface area (Å²) in [5.41, 5.74) is 20.7. The molecule has 8 aromatic carbocycles. The normalized spacial score (nSPS) is 15.6. The van der Waals surface area contributed by atoms with Gasteiger partial charge < -0.3 is 14.2 Å². The lowest BCUT2D eigenvalue weighted by Gasteiger charge is -2.34. The van der Waals surface area contributed by atoms with E-state index < -0.39 is 0 Å². The number of benzene rings is 8. The average molecular weight is 921 g/mol. The predicted molar refractivity (Wildman–Crippen MR) is 303 cm³/mol. The molecule has 0 amide bonds. The van der Waals surface area contributed by atoms with E-state index >= 15 is 0 Å². The highest BCUT2D eigenvalue weighted by molar-refractivity contribution is 6.11. The van der Waals surface area contributed by atoms with Crippen LogP contribution in [0.3, 0.4) is 0 Å². The molecule has 12 rings (SSSR count). The number of fused-ring (bicyclic) bond motifs is 7. The molecule has 9 aromatic rings. The minimum absolute atomic E-state index is 0.0606. The van der Waals surface area contributed by atoms with Crippen molar-refractivity contribution < 1.29 is 4.42 Å². The maximum absolute atomic E-state index is 6.82. The number of hydrogen-bond acceptors (Lipinski definition) is 3. The molecule has 0 bridgehead atoms. The zero-order valence-corrected chi connectivity index (χ0v) is 41.7. The molecule has 0 saturated carbocycles. The molecule has 0 saturated heterocycles. The third kappa shape index (κ3) is 8.44. The molecule has 3 aliphatic carbocycles. The smallest absolute Gasteiger partial charge is 0.137 e. The van der Waals surface area contributed by atoms with Crippen LogP contribution in [0.25, 0.3) is 55.0 Å². The Hall–Kier alpha value is -7.88. The van der Waals surface area contributed by atoms with Crippen LogP contribution < -0.4 is 9.80 Å². The van der Waals surface area contributed by atoms with Crippen LogP contribution in [0.1, 0.15) is 82.2 Å². The van der Waals surface area contributed by atoms with Crippen LogP contribution in [0.15, 0.2) is 222 Å². The predicted octanol–water partition coefficient (Wildman–Crippen LogP) is 18.8. The molecule has 3 heteroatoms. The highest BCUT2D eigenvalue weighted by Crippen LogP contribution is 2.46. The van der Waals surface area contributed by atoms with E-state index in [1.807, 2.05) is 0 Å². The molecule has 0 spiro atoms. The van der Waals surface area contributed by atoms with Gasteiger partial charge in [-0.3, -0.25) is 0 Å². The van der Waals surface area contributed by atoms with Gasteiger partial charge in [-0.15, -0.1) is 0 Å². The molecule has 0 fully saturated rings. The fourth-order valence-corrected chi connectivity index (χ4v) is 11.0. The molecule has 348 valence electrons. The Balaban J connectivity index is 0.877. The summed E-state index contributed by atoms with van der Waals surface area (Å²) in [5, 5.41) is 4.71. The number of hydrogen-bond donors (Lipinski definition) is 0. The van der Waals surface area contributed by atoms with E-state index in [0.29, 0.717) is 0 Å². The zero-order chi connectivity index (χ0) is 48.4. The van der Waals surface area contributed by atoms with Crippen LogP contribution in [0.5, 0.6) is 0 Å². The average Bonchev–Trinajstić information content (AvgIpc) is 3.77. The molecule has 0 N–H and O–H groups in total. The molecular formula is C68H60N2O. The lowest BCUT2D eigenvalue weighted by molar-refractivity contribution is 0.590. The second kappa shape index (κ2) is 17.5. The minimum Gasteiger partial charge on any atom is -0.456 e. The zero-order valence-electron chi connectivity index (χ0n) is 41.7. The van der Waals surface area contributed by atoms with Crippen LogP contribution in [0.2, 0.25) is 0 Å². The number of allylic oxidation sites excluding steroid dienone is 8. The Bertz CT molecular complexity index is 3660. The molecular weight excluding hydrogens is 861 g/mol. The van der Waals surface area contributed by atoms with Gasteiger partial charge in [0.05, 0.1) is 6.04 Å². The first-order valence-corrected chi connectivity index (χ1v) is 25.4. The van der Waals surface area contributed by atoms with Gasteiger partial charge in [-0.1, -0.05) is 169 Å². The SMILES string of the molecule is CC(C)(C)c1ccc(N(c2ccc(-c3ccccc3)cc2)c2ccc3c(c2)oc2cc4cc5c(cc4cc23)CC2=CC(N(c3ccc(C(C)(C)C)cc3)c3cccc(C4=CCC=CC=C4)c3)CC=C25)cc1. The Labute approximate surface area is 419 Å². The van der Waals surface area contributed by atoms with Crippen molar-refractivity contribution in [3.63, 3.8) is 0 Å². The second-order valence-electron chi connectivity index (χ2n) is 21.7. The molecule has 71 heavy (non-hydrogen) atoms. The van der Waals surface area contributed by atoms with Gasteiger partial charge in [0, 0.05) is 45.3 Å². The molecule has 0 aliphatic heterocycles. The summed E-state index contributed by atoms with van der Waals surface area (Å²) in [6.07, 6.45) is 18.9. The van der Waals surface area contributed by atoms with Crippen LogP contribution in [0.4, 0.5) is 28.4 Å². The van der Waals surface area contributed by atoms with E-state index in [2.05, 4.69) is 264 Å². The van der Waals surface area contributed by atoms with E-state index in [1.165, 1.54) is 77.8 Å². The van der Waals surface area contributed by atoms with E-state index in [1.54, 1.807) is 0 Å². The molecule has 1 aromatic heterocycles. The third-order valence-electron chi connectivity index (χ3n) is 14.9. The summed E-state index contributed by atoms with van der Waals surface area (Å²) in [5.74, 6) is 0. The van der Waals surface area contributed by atoms with E-state index in [0.717, 1.165) is 58.3 Å². The first kappa shape index (κ1) is 44.3. The lowest BCUT2D eigenvalue weighted by atomic mass is 9.87. The minimum atomic E-state index is 0.0606. The Morgan fingerprint density at radius 2 is 1.15 bits per heavy atom. The Kier molecular flexibility index (Phi) is 10.9. The van der Waals surface area contributed by atoms with E-state index in [4.69, 9.17) is 4.42 Å². The fourth-order valence-electron chi connectivity index (χ4n) is 11.0. The van der Waals surface area contributed by atoms with Crippen molar-refractivity contribution >= 4 is 72.3 Å². The lowest BCUT2D eigenvalue weighted by Crippen LogP contribution is -2.31. The molecule has 1 atom stereocenters. The van der Waals surface area contributed by atoms with Crippen LogP contribution in [-0.4, -0.2) is 6.04 Å². The van der Waals surface area contributed by atoms with Crippen molar-refractivity contribution in [3.8, 4) is 11.1 Å². The largest absolute Gasteiger partial charge is 0.456 e. The first-order valence-electron chi connectivity index (χ1n) is 25.4. The molecule has 3 aliphatic rings. The number of furan rings is 1. The summed E-state index contributed by atoms with van der Waals surface area (Å²) in [7, 11) is 0. The standard InChI is InChI=1S/C68H60N2O/c1-67(2,3)53-23-29-56(30-24-53)69(55-27-21-47(22-28-55)45-15-12-9-13-16-45)60-34-36-62-64-42-49-37-51-38-52-40-59(33-35-61(52)63(51)41-50(49)43-65(64)71-66(62)44-60)70(57-31-25-54(26-32-57)68(4,5)6)58-20-14-19-48(39-58)46-17-10-7-8-11-18-46/h7-10,12-32,34-37,39-44,59H,11,33,38H2,1-6H3. The van der Waals surface area contributed by atoms with Crippen molar-refractivity contribution in [2.24, 2.45) is 0 Å². The maximum Gasteiger partial charge on any atom is 0.137 e. The summed E-state index contributed by atoms with van der Waals surface area (Å²) < 4.78 is 6.82. The van der Waals surface area contributed by atoms with Gasteiger partial charge in [-0.25, -0.2) is 0 Å². The third-order valence-corrected chi connectivity index (χ3v) is 14.9. The Morgan fingerprint density at radius 1 is 0.507 bits per heavy atom. The highest BCUT2D eigenvalue weighted by Gasteiger charge is 2.30. The summed E-state index contributed by atoms with van der Waals surface area (Å²) in [6.45, 7) is 13.7. The second-order valence-corrected chi connectivity index (χ2v) is 21.7. The van der Waals surface area contributed by atoms with Crippen molar-refractivity contribution in [1.29, 1.82) is 0 Å². The molecule has 0 radical (unpaired) electrons. The van der Waals surface area contributed by atoms with E-state index in [-0.39, 0.29) is 16.9 Å². The van der Waals surface area contributed by atoms with Crippen LogP contribution in [-0.2, 0) is 17.3 Å². The van der Waals surface area contributed by atoms with Gasteiger partial charge in [0.25, 0.3) is 0 Å². The van der Waals surface area contributed by atoms with Crippen molar-refractivity contribution in [2.75, 3.05) is 9.80 Å². The van der Waals surface area contributed by atoms with Gasteiger partial charge in [0.1, 0.15) is 11.2 Å². The van der Waals surface area contributed by atoms with Crippen LogP contribution in [0, 0.1) is 0 Å². The molecule has 1 unspecified atom stereocenters. The topological polar surface area (TPSA) is 19.6 Å². The summed E-state index contributed by atoms with van der Waals surface area (Å²) in [6, 6.07) is 63.2. The van der Waals surface area contributed by atoms with Gasteiger partial charge in [-0.2, -0.15) is 0 Å². The fraction of sp³-hybridized carbons (Fsp3) is 0.176. The number of anilines is 5. The first-order chi connectivity index (χ1) is 34.4. The summed E-state index contributed by atoms with van der Waals surface area (Å²) in [4.78, 5) is 4.90. The van der Waals surface area contributed by atoms with Crippen molar-refractivity contribution in [3.05, 3.63) is 246 Å². The quantitative estimate of drug-likeness (QED) is 0.151. The monoisotopic (exact) mass is 920 g/mol. The number of nitrogens with zero attached hydrogens (tertiary/aromatic N) is 2.